The van der Waals surface area contributed by atoms with Gasteiger partial charge in [-0.15, -0.1) is 0 Å². The molecular formula is C7H18N2O2. The van der Waals surface area contributed by atoms with Gasteiger partial charge in [0.2, 0.25) is 0 Å². The molecule has 0 aromatic heterocycles. The Hall–Kier alpha value is -0.610. The fourth-order valence-corrected chi connectivity index (χ4v) is 0. The molecular weight excluding hydrogens is 144 g/mol. The molecule has 68 valence electrons. The Balaban J connectivity index is 0. The van der Waals surface area contributed by atoms with E-state index in [9.17, 15) is 4.79 Å². The number of carbonyl (C=O) groups is 1. The molecule has 0 fully saturated rings. The van der Waals surface area contributed by atoms with Crippen molar-refractivity contribution in [3.8, 4) is 0 Å². The van der Waals surface area contributed by atoms with Crippen LogP contribution in [0.15, 0.2) is 0 Å². The molecule has 0 aromatic rings. The SMILES string of the molecule is CC(N)C(=O)O.CCN(C)C. The normalized spacial score (nSPS) is 11.8. The third-order valence-electron chi connectivity index (χ3n) is 1.02. The summed E-state index contributed by atoms with van der Waals surface area (Å²) in [6.45, 7) is 4.68. The van der Waals surface area contributed by atoms with E-state index in [-0.39, 0.29) is 0 Å². The Morgan fingerprint density at radius 1 is 1.64 bits per heavy atom. The van der Waals surface area contributed by atoms with E-state index in [4.69, 9.17) is 10.8 Å². The quantitative estimate of drug-likeness (QED) is 0.599. The maximum absolute atomic E-state index is 9.57. The van der Waals surface area contributed by atoms with Gasteiger partial charge in [-0.2, -0.15) is 0 Å². The van der Waals surface area contributed by atoms with Crippen molar-refractivity contribution in [3.05, 3.63) is 0 Å². The molecule has 0 saturated heterocycles. The van der Waals surface area contributed by atoms with Crippen LogP contribution >= 0.6 is 0 Å². The zero-order valence-corrected chi connectivity index (χ0v) is 7.66. The Morgan fingerprint density at radius 2 is 1.82 bits per heavy atom. The van der Waals surface area contributed by atoms with Gasteiger partial charge in [0.25, 0.3) is 0 Å². The van der Waals surface area contributed by atoms with Crippen LogP contribution in [0.3, 0.4) is 0 Å². The Morgan fingerprint density at radius 3 is 1.82 bits per heavy atom. The van der Waals surface area contributed by atoms with Crippen molar-refractivity contribution >= 4 is 5.97 Å². The second kappa shape index (κ2) is 7.50. The predicted octanol–water partition coefficient (Wildman–Crippen LogP) is -0.0139. The number of nitrogens with two attached hydrogens (primary N) is 1. The monoisotopic (exact) mass is 162 g/mol. The first-order chi connectivity index (χ1) is 4.91. The molecule has 4 nitrogen and oxygen atoms in total. The van der Waals surface area contributed by atoms with Crippen molar-refractivity contribution in [3.63, 3.8) is 0 Å². The first-order valence-corrected chi connectivity index (χ1v) is 3.54. The van der Waals surface area contributed by atoms with Crippen LogP contribution < -0.4 is 5.73 Å². The van der Waals surface area contributed by atoms with Crippen molar-refractivity contribution in [2.45, 2.75) is 19.9 Å². The van der Waals surface area contributed by atoms with E-state index in [0.29, 0.717) is 0 Å². The minimum absolute atomic E-state index is 0.731. The van der Waals surface area contributed by atoms with E-state index in [2.05, 4.69) is 25.9 Å². The fraction of sp³-hybridized carbons (Fsp3) is 0.857. The van der Waals surface area contributed by atoms with E-state index < -0.39 is 12.0 Å². The van der Waals surface area contributed by atoms with Crippen LogP contribution in [0.25, 0.3) is 0 Å². The number of hydrogen-bond acceptors (Lipinski definition) is 3. The van der Waals surface area contributed by atoms with E-state index in [1.54, 1.807) is 0 Å². The molecule has 0 aliphatic rings. The lowest BCUT2D eigenvalue weighted by Crippen LogP contribution is -2.25. The molecule has 0 spiro atoms. The Kier molecular flexibility index (Phi) is 8.87. The molecule has 0 aliphatic carbocycles. The third kappa shape index (κ3) is 17.7. The lowest BCUT2D eigenvalue weighted by molar-refractivity contribution is -0.138. The highest BCUT2D eigenvalue weighted by atomic mass is 16.4. The van der Waals surface area contributed by atoms with Gasteiger partial charge in [-0.25, -0.2) is 0 Å². The first-order valence-electron chi connectivity index (χ1n) is 3.54. The zero-order chi connectivity index (χ0) is 9.44. The highest BCUT2D eigenvalue weighted by molar-refractivity contribution is 5.72. The van der Waals surface area contributed by atoms with Gasteiger partial charge < -0.3 is 15.7 Å². The number of carboxylic acid groups (broad SMARTS) is 1. The van der Waals surface area contributed by atoms with Crippen molar-refractivity contribution in [1.82, 2.24) is 4.90 Å². The summed E-state index contributed by atoms with van der Waals surface area (Å²) in [6, 6.07) is -0.731. The van der Waals surface area contributed by atoms with Gasteiger partial charge in [-0.1, -0.05) is 6.92 Å². The van der Waals surface area contributed by atoms with Gasteiger partial charge in [0.1, 0.15) is 6.04 Å². The molecule has 0 aromatic carbocycles. The van der Waals surface area contributed by atoms with Crippen molar-refractivity contribution in [1.29, 1.82) is 0 Å². The lowest BCUT2D eigenvalue weighted by Gasteiger charge is -2.00. The first kappa shape index (κ1) is 13.0. The number of hydrogen-bond donors (Lipinski definition) is 2. The Labute approximate surface area is 68.0 Å². The number of nitrogens with zero attached hydrogens (tertiary/aromatic N) is 1. The summed E-state index contributed by atoms with van der Waals surface area (Å²) in [5.74, 6) is -0.963. The molecule has 0 heterocycles. The second-order valence-electron chi connectivity index (χ2n) is 2.52. The molecule has 0 bridgehead atoms. The summed E-state index contributed by atoms with van der Waals surface area (Å²) in [4.78, 5) is 11.7. The third-order valence-corrected chi connectivity index (χ3v) is 1.02. The maximum atomic E-state index is 9.57. The highest BCUT2D eigenvalue weighted by Gasteiger charge is 1.99. The van der Waals surface area contributed by atoms with E-state index in [1.165, 1.54) is 6.92 Å². The molecule has 1 unspecified atom stereocenters. The minimum atomic E-state index is -0.963. The summed E-state index contributed by atoms with van der Waals surface area (Å²) >= 11 is 0. The van der Waals surface area contributed by atoms with Gasteiger partial charge in [0, 0.05) is 0 Å². The van der Waals surface area contributed by atoms with Crippen LogP contribution in [0.4, 0.5) is 0 Å². The van der Waals surface area contributed by atoms with Gasteiger partial charge in [0.05, 0.1) is 0 Å². The Bertz CT molecular complexity index is 103. The predicted molar refractivity (Wildman–Crippen MR) is 45.5 cm³/mol. The molecule has 0 rings (SSSR count). The molecule has 0 aliphatic heterocycles. The van der Waals surface area contributed by atoms with Crippen LogP contribution in [-0.2, 0) is 4.79 Å². The van der Waals surface area contributed by atoms with E-state index in [0.717, 1.165) is 6.54 Å². The van der Waals surface area contributed by atoms with Crippen LogP contribution in [0.1, 0.15) is 13.8 Å². The molecule has 1 atom stereocenters. The minimum Gasteiger partial charge on any atom is -0.480 e. The summed E-state index contributed by atoms with van der Waals surface area (Å²) in [6.07, 6.45) is 0. The largest absolute Gasteiger partial charge is 0.480 e. The number of aliphatic carboxylic acids is 1. The smallest absolute Gasteiger partial charge is 0.320 e. The molecule has 4 heteroatoms. The number of carboxylic acids is 1. The molecule has 0 saturated carbocycles. The fourth-order valence-electron chi connectivity index (χ4n) is 0. The number of rotatable bonds is 2. The zero-order valence-electron chi connectivity index (χ0n) is 7.66. The summed E-state index contributed by atoms with van der Waals surface area (Å²) in [7, 11) is 4.11. The summed E-state index contributed by atoms with van der Waals surface area (Å²) < 4.78 is 0. The van der Waals surface area contributed by atoms with Gasteiger partial charge in [0.15, 0.2) is 0 Å². The van der Waals surface area contributed by atoms with Crippen molar-refractivity contribution in [2.24, 2.45) is 5.73 Å². The van der Waals surface area contributed by atoms with Gasteiger partial charge in [-0.3, -0.25) is 4.79 Å². The van der Waals surface area contributed by atoms with Crippen LogP contribution in [0, 0.1) is 0 Å². The van der Waals surface area contributed by atoms with E-state index >= 15 is 0 Å². The van der Waals surface area contributed by atoms with E-state index in [1.807, 2.05) is 0 Å². The molecule has 0 amide bonds. The molecule has 3 N–H and O–H groups in total. The standard InChI is InChI=1S/C4H11N.C3H7NO2/c1-4-5(2)3;1-2(4)3(5)6/h4H2,1-3H3;2H,4H2,1H3,(H,5,6). The van der Waals surface area contributed by atoms with Crippen LogP contribution in [-0.4, -0.2) is 42.7 Å². The van der Waals surface area contributed by atoms with Crippen LogP contribution in [0.2, 0.25) is 0 Å². The average molecular weight is 162 g/mol. The van der Waals surface area contributed by atoms with Crippen molar-refractivity contribution < 1.29 is 9.90 Å². The maximum Gasteiger partial charge on any atom is 0.320 e. The van der Waals surface area contributed by atoms with Crippen LogP contribution in [0.5, 0.6) is 0 Å². The molecule has 11 heavy (non-hydrogen) atoms. The topological polar surface area (TPSA) is 66.6 Å². The lowest BCUT2D eigenvalue weighted by atomic mass is 10.4. The average Bonchev–Trinajstić information content (AvgIpc) is 1.89. The highest BCUT2D eigenvalue weighted by Crippen LogP contribution is 1.68. The molecule has 0 radical (unpaired) electrons. The summed E-state index contributed by atoms with van der Waals surface area (Å²) in [5, 5.41) is 7.87. The van der Waals surface area contributed by atoms with Crippen molar-refractivity contribution in [2.75, 3.05) is 20.6 Å². The van der Waals surface area contributed by atoms with Gasteiger partial charge >= 0.3 is 5.97 Å². The summed E-state index contributed by atoms with van der Waals surface area (Å²) in [5.41, 5.74) is 4.84. The van der Waals surface area contributed by atoms with Gasteiger partial charge in [-0.05, 0) is 27.6 Å². The second-order valence-corrected chi connectivity index (χ2v) is 2.52.